The van der Waals surface area contributed by atoms with E-state index in [1.54, 1.807) is 13.2 Å². The van der Waals surface area contributed by atoms with Crippen LogP contribution in [-0.4, -0.2) is 17.1 Å². The van der Waals surface area contributed by atoms with Gasteiger partial charge < -0.3 is 4.74 Å². The van der Waals surface area contributed by atoms with Crippen LogP contribution in [0.15, 0.2) is 40.3 Å². The SMILES string of the molecule is COCc1nc(Cl)cc(Sc2ccc(Cl)cc2)n1. The minimum absolute atomic E-state index is 0.342. The van der Waals surface area contributed by atoms with Crippen LogP contribution in [-0.2, 0) is 11.3 Å². The quantitative estimate of drug-likeness (QED) is 0.797. The van der Waals surface area contributed by atoms with Crippen LogP contribution in [0.1, 0.15) is 5.82 Å². The van der Waals surface area contributed by atoms with Crippen LogP contribution in [0.5, 0.6) is 0 Å². The van der Waals surface area contributed by atoms with Gasteiger partial charge in [0.25, 0.3) is 0 Å². The molecular weight excluding hydrogens is 291 g/mol. The molecule has 0 spiro atoms. The van der Waals surface area contributed by atoms with Crippen molar-refractivity contribution in [2.45, 2.75) is 16.5 Å². The van der Waals surface area contributed by atoms with Crippen molar-refractivity contribution in [3.63, 3.8) is 0 Å². The van der Waals surface area contributed by atoms with Gasteiger partial charge in [0.05, 0.1) is 0 Å². The molecule has 0 bridgehead atoms. The van der Waals surface area contributed by atoms with Gasteiger partial charge in [-0.25, -0.2) is 9.97 Å². The van der Waals surface area contributed by atoms with Gasteiger partial charge in [0.1, 0.15) is 16.8 Å². The molecule has 0 aliphatic heterocycles. The maximum atomic E-state index is 5.94. The largest absolute Gasteiger partial charge is 0.377 e. The van der Waals surface area contributed by atoms with Gasteiger partial charge in [0.2, 0.25) is 0 Å². The molecule has 0 atom stereocenters. The number of aromatic nitrogens is 2. The highest BCUT2D eigenvalue weighted by Crippen LogP contribution is 2.28. The third-order valence-electron chi connectivity index (χ3n) is 2.03. The van der Waals surface area contributed by atoms with E-state index in [4.69, 9.17) is 27.9 Å². The molecule has 0 N–H and O–H groups in total. The molecular formula is C12H10Cl2N2OS. The third kappa shape index (κ3) is 3.85. The number of halogens is 2. The van der Waals surface area contributed by atoms with Crippen molar-refractivity contribution in [1.82, 2.24) is 9.97 Å². The Balaban J connectivity index is 2.20. The monoisotopic (exact) mass is 300 g/mol. The van der Waals surface area contributed by atoms with Crippen LogP contribution in [0.3, 0.4) is 0 Å². The first kappa shape index (κ1) is 13.6. The van der Waals surface area contributed by atoms with Crippen molar-refractivity contribution < 1.29 is 4.74 Å². The zero-order chi connectivity index (χ0) is 13.0. The molecule has 1 aromatic heterocycles. The number of benzene rings is 1. The topological polar surface area (TPSA) is 35.0 Å². The van der Waals surface area contributed by atoms with Crippen molar-refractivity contribution in [3.05, 3.63) is 46.3 Å². The van der Waals surface area contributed by atoms with E-state index in [9.17, 15) is 0 Å². The molecule has 0 saturated heterocycles. The number of rotatable bonds is 4. The zero-order valence-electron chi connectivity index (χ0n) is 9.56. The molecule has 2 aromatic rings. The molecule has 6 heteroatoms. The smallest absolute Gasteiger partial charge is 0.156 e. The molecule has 1 aromatic carbocycles. The second-order valence-electron chi connectivity index (χ2n) is 3.43. The van der Waals surface area contributed by atoms with Gasteiger partial charge in [-0.15, -0.1) is 0 Å². The highest BCUT2D eigenvalue weighted by molar-refractivity contribution is 7.99. The first-order valence-corrected chi connectivity index (χ1v) is 6.70. The molecule has 0 unspecified atom stereocenters. The maximum absolute atomic E-state index is 5.94. The Hall–Kier alpha value is -0.810. The highest BCUT2D eigenvalue weighted by atomic mass is 35.5. The lowest BCUT2D eigenvalue weighted by Gasteiger charge is -2.04. The third-order valence-corrected chi connectivity index (χ3v) is 3.40. The predicted molar refractivity (Wildman–Crippen MR) is 73.3 cm³/mol. The van der Waals surface area contributed by atoms with Gasteiger partial charge in [-0.05, 0) is 24.3 Å². The van der Waals surface area contributed by atoms with Gasteiger partial charge in [-0.1, -0.05) is 35.0 Å². The van der Waals surface area contributed by atoms with E-state index in [-0.39, 0.29) is 0 Å². The van der Waals surface area contributed by atoms with Crippen LogP contribution in [0.4, 0.5) is 0 Å². The highest BCUT2D eigenvalue weighted by Gasteiger charge is 2.05. The second kappa shape index (κ2) is 6.38. The summed E-state index contributed by atoms with van der Waals surface area (Å²) in [7, 11) is 1.59. The standard InChI is InChI=1S/C12H10Cl2N2OS/c1-17-7-11-15-10(14)6-12(16-11)18-9-4-2-8(13)3-5-9/h2-6H,7H2,1H3. The second-order valence-corrected chi connectivity index (χ2v) is 5.35. The van der Waals surface area contributed by atoms with Gasteiger partial charge in [0, 0.05) is 23.1 Å². The Kier molecular flexibility index (Phi) is 4.83. The molecule has 3 nitrogen and oxygen atoms in total. The molecule has 0 radical (unpaired) electrons. The molecule has 0 fully saturated rings. The van der Waals surface area contributed by atoms with Crippen molar-refractivity contribution in [3.8, 4) is 0 Å². The summed E-state index contributed by atoms with van der Waals surface area (Å²) >= 11 is 13.3. The number of hydrogen-bond donors (Lipinski definition) is 0. The number of methoxy groups -OCH3 is 1. The normalized spacial score (nSPS) is 10.6. The molecule has 1 heterocycles. The summed E-state index contributed by atoms with van der Waals surface area (Å²) in [6.07, 6.45) is 0. The van der Waals surface area contributed by atoms with E-state index in [1.807, 2.05) is 24.3 Å². The first-order valence-electron chi connectivity index (χ1n) is 5.13. The lowest BCUT2D eigenvalue weighted by molar-refractivity contribution is 0.177. The van der Waals surface area contributed by atoms with E-state index in [1.165, 1.54) is 11.8 Å². The van der Waals surface area contributed by atoms with Crippen molar-refractivity contribution >= 4 is 35.0 Å². The minimum Gasteiger partial charge on any atom is -0.377 e. The number of hydrogen-bond acceptors (Lipinski definition) is 4. The van der Waals surface area contributed by atoms with Crippen molar-refractivity contribution in [2.24, 2.45) is 0 Å². The van der Waals surface area contributed by atoms with Gasteiger partial charge >= 0.3 is 0 Å². The summed E-state index contributed by atoms with van der Waals surface area (Å²) < 4.78 is 4.99. The first-order chi connectivity index (χ1) is 8.67. The molecule has 18 heavy (non-hydrogen) atoms. The molecule has 0 amide bonds. The van der Waals surface area contributed by atoms with Crippen LogP contribution in [0.2, 0.25) is 10.2 Å². The summed E-state index contributed by atoms with van der Waals surface area (Å²) in [5.74, 6) is 0.571. The fraction of sp³-hybridized carbons (Fsp3) is 0.167. The summed E-state index contributed by atoms with van der Waals surface area (Å²) in [5.41, 5.74) is 0. The van der Waals surface area contributed by atoms with Crippen LogP contribution >= 0.6 is 35.0 Å². The van der Waals surface area contributed by atoms with E-state index >= 15 is 0 Å². The minimum atomic E-state index is 0.342. The zero-order valence-corrected chi connectivity index (χ0v) is 11.9. The average Bonchev–Trinajstić information content (AvgIpc) is 2.32. The van der Waals surface area contributed by atoms with Crippen LogP contribution < -0.4 is 0 Å². The van der Waals surface area contributed by atoms with E-state index in [2.05, 4.69) is 9.97 Å². The molecule has 0 aliphatic rings. The molecule has 0 saturated carbocycles. The van der Waals surface area contributed by atoms with Gasteiger partial charge in [-0.2, -0.15) is 0 Å². The van der Waals surface area contributed by atoms with Crippen LogP contribution in [0.25, 0.3) is 0 Å². The molecule has 2 rings (SSSR count). The van der Waals surface area contributed by atoms with Gasteiger partial charge in [0.15, 0.2) is 5.82 Å². The van der Waals surface area contributed by atoms with Crippen LogP contribution in [0, 0.1) is 0 Å². The fourth-order valence-electron chi connectivity index (χ4n) is 1.31. The van der Waals surface area contributed by atoms with E-state index in [0.717, 1.165) is 9.92 Å². The van der Waals surface area contributed by atoms with Gasteiger partial charge in [-0.3, -0.25) is 0 Å². The Bertz CT molecular complexity index is 534. The van der Waals surface area contributed by atoms with Crippen molar-refractivity contribution in [1.29, 1.82) is 0 Å². The predicted octanol–water partition coefficient (Wildman–Crippen LogP) is 4.08. The summed E-state index contributed by atoms with van der Waals surface area (Å²) in [6.45, 7) is 0.342. The van der Waals surface area contributed by atoms with E-state index < -0.39 is 0 Å². The Labute approximate surface area is 120 Å². The lowest BCUT2D eigenvalue weighted by atomic mass is 10.4. The Morgan fingerprint density at radius 2 is 1.89 bits per heavy atom. The maximum Gasteiger partial charge on any atom is 0.156 e. The lowest BCUT2D eigenvalue weighted by Crippen LogP contribution is -1.98. The Morgan fingerprint density at radius 1 is 1.17 bits per heavy atom. The number of nitrogens with zero attached hydrogens (tertiary/aromatic N) is 2. The van der Waals surface area contributed by atoms with E-state index in [0.29, 0.717) is 22.6 Å². The molecule has 0 aliphatic carbocycles. The van der Waals surface area contributed by atoms with Crippen molar-refractivity contribution in [2.75, 3.05) is 7.11 Å². The fourth-order valence-corrected chi connectivity index (χ4v) is 2.54. The average molecular weight is 301 g/mol. The summed E-state index contributed by atoms with van der Waals surface area (Å²) in [6, 6.07) is 9.25. The summed E-state index contributed by atoms with van der Waals surface area (Å²) in [4.78, 5) is 9.46. The summed E-state index contributed by atoms with van der Waals surface area (Å²) in [5, 5.41) is 1.90. The number of ether oxygens (including phenoxy) is 1. The Morgan fingerprint density at radius 3 is 2.56 bits per heavy atom. The molecule has 94 valence electrons.